The molecule has 4 atom stereocenters. The molecular formula is C29H41BN4O9S. The highest BCUT2D eigenvalue weighted by atomic mass is 32.2. The quantitative estimate of drug-likeness (QED) is 0.175. The Morgan fingerprint density at radius 3 is 2.05 bits per heavy atom. The summed E-state index contributed by atoms with van der Waals surface area (Å²) in [7, 11) is 2.49. The smallest absolute Gasteiger partial charge is 0.332 e. The van der Waals surface area contributed by atoms with Crippen molar-refractivity contribution in [2.45, 2.75) is 47.8 Å². The molecule has 3 aliphatic rings. The molecule has 2 aromatic rings. The van der Waals surface area contributed by atoms with Crippen molar-refractivity contribution in [3.05, 3.63) is 73.9 Å². The summed E-state index contributed by atoms with van der Waals surface area (Å²) in [5.74, 6) is 1.88. The number of aromatic nitrogens is 2. The van der Waals surface area contributed by atoms with Gasteiger partial charge in [-0.2, -0.15) is 0 Å². The molecule has 2 aliphatic carbocycles. The fraction of sp³-hybridized carbons (Fsp3) is 0.448. The van der Waals surface area contributed by atoms with Gasteiger partial charge in [0.2, 0.25) is 0 Å². The largest absolute Gasteiger partial charge is 0.468 e. The molecule has 5 rings (SSSR count). The molecular weight excluding hydrogens is 591 g/mol. The molecule has 1 aliphatic heterocycles. The number of carbonyl (C=O) groups excluding carboxylic acids is 3. The molecule has 13 nitrogen and oxygen atoms in total. The molecule has 4 N–H and O–H groups in total. The highest BCUT2D eigenvalue weighted by molar-refractivity contribution is 7.94. The Morgan fingerprint density at radius 1 is 1.09 bits per heavy atom. The Labute approximate surface area is 261 Å². The SMILES string of the molecule is C1CCOC1.C=C[C@@H]1C[C@@]1(C(=O)OC)S(=O)(=O)c1ccc(C)cc1.C=C[C@@H]1C[C@]1(NC(=O)n1ccnc1)C(=O)OC.NO.[3H][B]. The first-order valence-corrected chi connectivity index (χ1v) is 14.9. The number of amides is 1. The summed E-state index contributed by atoms with van der Waals surface area (Å²) in [6.45, 7) is 11.1. The average molecular weight is 635 g/mol. The van der Waals surface area contributed by atoms with E-state index < -0.39 is 38.1 Å². The van der Waals surface area contributed by atoms with Gasteiger partial charge in [-0.15, -0.1) is 13.2 Å². The number of allylic oxidation sites excluding steroid dienone is 1. The molecule has 0 bridgehead atoms. The number of aryl methyl sites for hydroxylation is 1. The van der Waals surface area contributed by atoms with Crippen LogP contribution < -0.4 is 11.2 Å². The van der Waals surface area contributed by atoms with Crippen LogP contribution in [0.1, 0.15) is 31.2 Å². The van der Waals surface area contributed by atoms with Crippen LogP contribution in [0.15, 0.2) is 73.2 Å². The third kappa shape index (κ3) is 8.23. The maximum absolute atomic E-state index is 12.6. The first kappa shape index (κ1) is 36.4. The maximum atomic E-state index is 12.6. The van der Waals surface area contributed by atoms with Gasteiger partial charge in [0, 0.05) is 45.8 Å². The third-order valence-corrected chi connectivity index (χ3v) is 9.82. The molecule has 0 spiro atoms. The Balaban J connectivity index is 0.000000356. The van der Waals surface area contributed by atoms with E-state index in [4.69, 9.17) is 16.0 Å². The minimum absolute atomic E-state index is 0.0811. The van der Waals surface area contributed by atoms with Crippen LogP contribution in [0.3, 0.4) is 0 Å². The summed E-state index contributed by atoms with van der Waals surface area (Å²) >= 11 is 0. The number of benzene rings is 1. The van der Waals surface area contributed by atoms with Crippen LogP contribution in [0.5, 0.6) is 0 Å². The van der Waals surface area contributed by atoms with Crippen molar-refractivity contribution in [3.8, 4) is 0 Å². The number of nitrogens with two attached hydrogens (primary N) is 1. The van der Waals surface area contributed by atoms with E-state index in [-0.39, 0.29) is 23.2 Å². The van der Waals surface area contributed by atoms with E-state index in [1.54, 1.807) is 18.2 Å². The van der Waals surface area contributed by atoms with Crippen molar-refractivity contribution < 1.29 is 42.2 Å². The van der Waals surface area contributed by atoms with Crippen LogP contribution in [-0.4, -0.2) is 88.6 Å². The van der Waals surface area contributed by atoms with Crippen LogP contribution in [-0.2, 0) is 33.6 Å². The maximum Gasteiger partial charge on any atom is 0.332 e. The number of esters is 2. The minimum Gasteiger partial charge on any atom is -0.468 e. The van der Waals surface area contributed by atoms with Gasteiger partial charge in [0.1, 0.15) is 11.9 Å². The molecule has 15 heteroatoms. The number of hydrogen-bond acceptors (Lipinski definition) is 11. The van der Waals surface area contributed by atoms with Crippen molar-refractivity contribution in [1.82, 2.24) is 14.9 Å². The van der Waals surface area contributed by atoms with Crippen molar-refractivity contribution in [2.75, 3.05) is 27.4 Å². The highest BCUT2D eigenvalue weighted by Crippen LogP contribution is 2.54. The number of ether oxygens (including phenoxy) is 3. The summed E-state index contributed by atoms with van der Waals surface area (Å²) in [6, 6.07) is 6.06. The van der Waals surface area contributed by atoms with E-state index in [0.29, 0.717) is 6.42 Å². The lowest BCUT2D eigenvalue weighted by Crippen LogP contribution is -2.46. The molecule has 1 saturated heterocycles. The van der Waals surface area contributed by atoms with Gasteiger partial charge in [-0.25, -0.2) is 28.9 Å². The van der Waals surface area contributed by atoms with Gasteiger partial charge in [-0.3, -0.25) is 9.36 Å². The molecule has 240 valence electrons. The topological polar surface area (TPSA) is 189 Å². The lowest BCUT2D eigenvalue weighted by molar-refractivity contribution is -0.144. The number of imidazole rings is 1. The second kappa shape index (κ2) is 16.9. The van der Waals surface area contributed by atoms with E-state index in [0.717, 1.165) is 18.8 Å². The standard InChI is InChI=1S/C14H16O4S.C11H13N3O3.C4H8O.BH.H3NO/c1-4-11-9-14(11,13(15)18-3)19(16,17)12-7-5-10(2)6-8-12;1-3-8-6-11(8,9(15)17-2)13-10(16)14-5-4-12-7-14;1-2-4-5-3-1;;1-2/h4-8,11H,1,9H2,2-3H3;3-5,7-8H,1,6H2,2H3,(H,13,16);1-4H2;1H;2H,1H2/t11-,14-;8-,11-;;;/m11.../s1/i;;;1T;. The zero-order valence-electron chi connectivity index (χ0n) is 26.2. The molecule has 1 amide bonds. The predicted octanol–water partition coefficient (Wildman–Crippen LogP) is 1.93. The fourth-order valence-corrected chi connectivity index (χ4v) is 6.74. The van der Waals surface area contributed by atoms with Gasteiger partial charge in [-0.1, -0.05) is 29.8 Å². The van der Waals surface area contributed by atoms with Crippen molar-refractivity contribution in [2.24, 2.45) is 17.7 Å². The van der Waals surface area contributed by atoms with Gasteiger partial charge >= 0.3 is 18.0 Å². The highest BCUT2D eigenvalue weighted by Gasteiger charge is 2.69. The molecule has 1 aromatic carbocycles. The third-order valence-electron chi connectivity index (χ3n) is 7.33. The van der Waals surface area contributed by atoms with Gasteiger partial charge in [0.15, 0.2) is 14.6 Å². The van der Waals surface area contributed by atoms with Gasteiger partial charge in [0.25, 0.3) is 0 Å². The van der Waals surface area contributed by atoms with E-state index in [2.05, 4.69) is 42.5 Å². The monoisotopic (exact) mass is 634 g/mol. The Morgan fingerprint density at radius 2 is 1.66 bits per heavy atom. The summed E-state index contributed by atoms with van der Waals surface area (Å²) in [5, 5.41) is 9.16. The van der Waals surface area contributed by atoms with E-state index >= 15 is 0 Å². The summed E-state index contributed by atoms with van der Waals surface area (Å²) in [6.07, 6.45) is 10.8. The van der Waals surface area contributed by atoms with Gasteiger partial charge in [0.05, 0.1) is 19.1 Å². The number of sulfone groups is 1. The molecule has 3 fully saturated rings. The van der Waals surface area contributed by atoms with Gasteiger partial charge < -0.3 is 24.7 Å². The number of nitrogens with zero attached hydrogens (tertiary/aromatic N) is 2. The number of methoxy groups -OCH3 is 2. The van der Waals surface area contributed by atoms with Crippen molar-refractivity contribution >= 4 is 36.2 Å². The fourth-order valence-electron chi connectivity index (χ4n) is 4.62. The Bertz CT molecular complexity index is 1360. The lowest BCUT2D eigenvalue weighted by atomic mass is 10.2. The molecule has 2 heterocycles. The second-order valence-corrected chi connectivity index (χ2v) is 12.2. The van der Waals surface area contributed by atoms with Crippen molar-refractivity contribution in [3.63, 3.8) is 0 Å². The minimum atomic E-state index is -3.76. The summed E-state index contributed by atoms with van der Waals surface area (Å²) in [4.78, 5) is 39.3. The van der Waals surface area contributed by atoms with E-state index in [1.165, 1.54) is 68.6 Å². The predicted molar refractivity (Wildman–Crippen MR) is 164 cm³/mol. The number of rotatable bonds is 7. The molecule has 0 unspecified atom stereocenters. The Hall–Kier alpha value is -3.79. The van der Waals surface area contributed by atoms with Gasteiger partial charge in [-0.05, 0) is 46.1 Å². The van der Waals surface area contributed by atoms with Crippen LogP contribution in [0.2, 0.25) is 0 Å². The summed E-state index contributed by atoms with van der Waals surface area (Å²) in [5.41, 5.74) is -0.000152. The molecule has 2 saturated carbocycles. The normalized spacial score (nSPS) is 24.2. The molecule has 1 aromatic heterocycles. The van der Waals surface area contributed by atoms with Crippen molar-refractivity contribution in [1.29, 1.82) is 1.34 Å². The molecule has 2 radical (unpaired) electrons. The number of nitrogens with one attached hydrogen (secondary N) is 1. The zero-order valence-corrected chi connectivity index (χ0v) is 26.0. The Kier molecular flexibility index (Phi) is 14.0. The first-order valence-electron chi connectivity index (χ1n) is 14.0. The zero-order chi connectivity index (χ0) is 34.3. The van der Waals surface area contributed by atoms with Crippen LogP contribution in [0, 0.1) is 18.8 Å². The van der Waals surface area contributed by atoms with Crippen LogP contribution in [0.4, 0.5) is 4.79 Å². The lowest BCUT2D eigenvalue weighted by Gasteiger charge is -2.16. The van der Waals surface area contributed by atoms with Crippen LogP contribution >= 0.6 is 0 Å². The number of hydrogen-bond donors (Lipinski definition) is 3. The first-order chi connectivity index (χ1) is 21.5. The summed E-state index contributed by atoms with van der Waals surface area (Å²) < 4.78 is 44.6. The average Bonchev–Trinajstić information content (AvgIpc) is 3.72. The van der Waals surface area contributed by atoms with E-state index in [9.17, 15) is 22.8 Å². The number of carbonyl (C=O) groups is 3. The van der Waals surface area contributed by atoms with E-state index in [1.807, 2.05) is 6.92 Å². The second-order valence-electron chi connectivity index (χ2n) is 9.97. The van der Waals surface area contributed by atoms with Crippen LogP contribution in [0.25, 0.3) is 0 Å². The molecule has 44 heavy (non-hydrogen) atoms.